The van der Waals surface area contributed by atoms with E-state index < -0.39 is 0 Å². The summed E-state index contributed by atoms with van der Waals surface area (Å²) in [6, 6.07) is 10.9. The summed E-state index contributed by atoms with van der Waals surface area (Å²) >= 11 is 2.62. The van der Waals surface area contributed by atoms with E-state index in [0.717, 1.165) is 10.5 Å². The van der Waals surface area contributed by atoms with Crippen LogP contribution < -0.4 is 4.46 Å². The van der Waals surface area contributed by atoms with Crippen molar-refractivity contribution in [1.82, 2.24) is 0 Å². The third-order valence-corrected chi connectivity index (χ3v) is 7.19. The second-order valence-corrected chi connectivity index (χ2v) is 9.63. The first-order valence-electron chi connectivity index (χ1n) is 7.46. The fraction of sp³-hybridized carbons (Fsp3) is 0.444. The molecule has 0 nitrogen and oxygen atoms in total. The second-order valence-electron chi connectivity index (χ2n) is 5.41. The topological polar surface area (TPSA) is 0 Å². The standard InChI is InChI=1S/C18H24SSe/c1-4-16(19-14(2)3)13-15-9-8-12-18(15)20-17-10-6-5-7-11-17/h5-8,10-12,14,16H,4,9,13H2,1-3H3. The van der Waals surface area contributed by atoms with Gasteiger partial charge in [-0.15, -0.1) is 0 Å². The van der Waals surface area contributed by atoms with Crippen molar-refractivity contribution in [2.45, 2.75) is 50.5 Å². The Labute approximate surface area is 134 Å². The van der Waals surface area contributed by atoms with Gasteiger partial charge in [-0.3, -0.25) is 0 Å². The number of hydrogen-bond donors (Lipinski definition) is 0. The van der Waals surface area contributed by atoms with Crippen LogP contribution in [-0.2, 0) is 0 Å². The van der Waals surface area contributed by atoms with E-state index in [4.69, 9.17) is 0 Å². The summed E-state index contributed by atoms with van der Waals surface area (Å²) < 4.78 is 3.11. The summed E-state index contributed by atoms with van der Waals surface area (Å²) in [6.07, 6.45) is 8.45. The number of allylic oxidation sites excluding steroid dienone is 4. The molecule has 0 saturated carbocycles. The van der Waals surface area contributed by atoms with Gasteiger partial charge in [-0.05, 0) is 0 Å². The van der Waals surface area contributed by atoms with E-state index in [1.165, 1.54) is 23.7 Å². The van der Waals surface area contributed by atoms with Gasteiger partial charge < -0.3 is 0 Å². The normalized spacial score (nSPS) is 16.2. The van der Waals surface area contributed by atoms with Gasteiger partial charge in [0.05, 0.1) is 0 Å². The zero-order valence-corrected chi connectivity index (χ0v) is 15.2. The summed E-state index contributed by atoms with van der Waals surface area (Å²) in [6.45, 7) is 6.94. The molecule has 0 amide bonds. The van der Waals surface area contributed by atoms with Crippen LogP contribution in [0, 0.1) is 0 Å². The molecule has 108 valence electrons. The molecule has 0 radical (unpaired) electrons. The van der Waals surface area contributed by atoms with Crippen molar-refractivity contribution in [3.63, 3.8) is 0 Å². The Bertz CT molecular complexity index is 473. The third kappa shape index (κ3) is 4.84. The maximum atomic E-state index is 2.37. The molecule has 0 spiro atoms. The van der Waals surface area contributed by atoms with Gasteiger partial charge >= 0.3 is 134 Å². The molecule has 1 aliphatic carbocycles. The van der Waals surface area contributed by atoms with Gasteiger partial charge in [0.1, 0.15) is 0 Å². The Kier molecular flexibility index (Phi) is 6.48. The average molecular weight is 351 g/mol. The quantitative estimate of drug-likeness (QED) is 0.650. The van der Waals surface area contributed by atoms with E-state index in [-0.39, 0.29) is 0 Å². The van der Waals surface area contributed by atoms with Crippen LogP contribution >= 0.6 is 11.8 Å². The van der Waals surface area contributed by atoms with Crippen molar-refractivity contribution in [3.8, 4) is 0 Å². The molecule has 2 heteroatoms. The van der Waals surface area contributed by atoms with Crippen molar-refractivity contribution >= 4 is 31.2 Å². The van der Waals surface area contributed by atoms with Crippen LogP contribution in [0.5, 0.6) is 0 Å². The molecule has 2 rings (SSSR count). The molecule has 0 aromatic heterocycles. The van der Waals surface area contributed by atoms with Gasteiger partial charge in [-0.2, -0.15) is 0 Å². The van der Waals surface area contributed by atoms with Gasteiger partial charge in [-0.1, -0.05) is 0 Å². The molecule has 0 bridgehead atoms. The van der Waals surface area contributed by atoms with E-state index in [0.29, 0.717) is 15.0 Å². The van der Waals surface area contributed by atoms with Crippen LogP contribution in [-0.4, -0.2) is 25.5 Å². The molecule has 1 unspecified atom stereocenters. The fourth-order valence-corrected chi connectivity index (χ4v) is 5.79. The molecule has 1 aromatic carbocycles. The van der Waals surface area contributed by atoms with Crippen LogP contribution in [0.3, 0.4) is 0 Å². The van der Waals surface area contributed by atoms with Gasteiger partial charge in [0.15, 0.2) is 0 Å². The Morgan fingerprint density at radius 2 is 1.95 bits per heavy atom. The molecular formula is C18H24SSe. The van der Waals surface area contributed by atoms with Crippen LogP contribution in [0.2, 0.25) is 0 Å². The molecule has 1 aliphatic rings. The number of thioether (sulfide) groups is 1. The Morgan fingerprint density at radius 1 is 1.20 bits per heavy atom. The molecule has 1 atom stereocenters. The van der Waals surface area contributed by atoms with E-state index >= 15 is 0 Å². The van der Waals surface area contributed by atoms with Crippen molar-refractivity contribution in [2.24, 2.45) is 0 Å². The first kappa shape index (κ1) is 15.9. The molecule has 0 aliphatic heterocycles. The Balaban J connectivity index is 2.03. The number of hydrogen-bond acceptors (Lipinski definition) is 1. The third-order valence-electron chi connectivity index (χ3n) is 3.35. The van der Waals surface area contributed by atoms with E-state index in [1.54, 1.807) is 10.0 Å². The van der Waals surface area contributed by atoms with Gasteiger partial charge in [0.2, 0.25) is 0 Å². The summed E-state index contributed by atoms with van der Waals surface area (Å²) in [4.78, 5) is 0. The first-order chi connectivity index (χ1) is 9.69. The molecular weight excluding hydrogens is 327 g/mol. The zero-order valence-electron chi connectivity index (χ0n) is 12.6. The predicted molar refractivity (Wildman–Crippen MR) is 94.0 cm³/mol. The van der Waals surface area contributed by atoms with Crippen molar-refractivity contribution in [3.05, 3.63) is 52.5 Å². The van der Waals surface area contributed by atoms with Crippen molar-refractivity contribution in [2.75, 3.05) is 0 Å². The molecule has 0 N–H and O–H groups in total. The first-order valence-corrected chi connectivity index (χ1v) is 10.1. The van der Waals surface area contributed by atoms with E-state index in [1.807, 2.05) is 0 Å². The van der Waals surface area contributed by atoms with Gasteiger partial charge in [-0.25, -0.2) is 0 Å². The van der Waals surface area contributed by atoms with Crippen molar-refractivity contribution in [1.29, 1.82) is 0 Å². The number of benzene rings is 1. The van der Waals surface area contributed by atoms with Crippen LogP contribution in [0.25, 0.3) is 0 Å². The molecule has 1 aromatic rings. The molecule has 0 fully saturated rings. The van der Waals surface area contributed by atoms with E-state index in [2.05, 4.69) is 75.0 Å². The minimum atomic E-state index is 0.477. The SMILES string of the molecule is CCC(CC1=C([Se]c2ccccc2)C=CC1)SC(C)C. The zero-order chi connectivity index (χ0) is 14.4. The van der Waals surface area contributed by atoms with Gasteiger partial charge in [0, 0.05) is 0 Å². The van der Waals surface area contributed by atoms with Crippen LogP contribution in [0.15, 0.2) is 52.5 Å². The summed E-state index contributed by atoms with van der Waals surface area (Å²) in [5.41, 5.74) is 1.69. The van der Waals surface area contributed by atoms with Crippen molar-refractivity contribution < 1.29 is 0 Å². The maximum absolute atomic E-state index is 2.37. The van der Waals surface area contributed by atoms with E-state index in [9.17, 15) is 0 Å². The van der Waals surface area contributed by atoms with Crippen LogP contribution in [0.4, 0.5) is 0 Å². The summed E-state index contributed by atoms with van der Waals surface area (Å²) in [5, 5.41) is 1.52. The second kappa shape index (κ2) is 8.12. The average Bonchev–Trinajstić information content (AvgIpc) is 2.86. The molecule has 0 heterocycles. The van der Waals surface area contributed by atoms with Crippen LogP contribution in [0.1, 0.15) is 40.0 Å². The Hall–Kier alpha value is -0.431. The Morgan fingerprint density at radius 3 is 2.60 bits per heavy atom. The summed E-state index contributed by atoms with van der Waals surface area (Å²) in [7, 11) is 0. The van der Waals surface area contributed by atoms with Gasteiger partial charge in [0.25, 0.3) is 0 Å². The monoisotopic (exact) mass is 352 g/mol. The minimum absolute atomic E-state index is 0.477. The fourth-order valence-electron chi connectivity index (χ4n) is 2.38. The predicted octanol–water partition coefficient (Wildman–Crippen LogP) is 4.54. The summed E-state index contributed by atoms with van der Waals surface area (Å²) in [5.74, 6) is 0. The number of rotatable bonds is 7. The molecule has 20 heavy (non-hydrogen) atoms. The molecule has 0 saturated heterocycles.